The lowest BCUT2D eigenvalue weighted by atomic mass is 9.83. The maximum atomic E-state index is 13.2. The zero-order chi connectivity index (χ0) is 29.4. The Morgan fingerprint density at radius 1 is 1.05 bits per heavy atom. The smallest absolute Gasteiger partial charge is 0.379 e. The van der Waals surface area contributed by atoms with Gasteiger partial charge in [-0.2, -0.15) is 5.26 Å². The molecule has 5 rings (SSSR count). The molecular weight excluding hydrogens is 520 g/mol. The lowest BCUT2D eigenvalue weighted by Gasteiger charge is -2.27. The monoisotopic (exact) mass is 552 g/mol. The Balaban J connectivity index is 1.47. The van der Waals surface area contributed by atoms with E-state index in [1.54, 1.807) is 25.3 Å². The van der Waals surface area contributed by atoms with E-state index in [9.17, 15) is 10.1 Å². The van der Waals surface area contributed by atoms with Crippen molar-refractivity contribution in [2.75, 3.05) is 13.7 Å². The molecule has 0 bridgehead atoms. The highest BCUT2D eigenvalue weighted by Gasteiger charge is 2.32. The number of ether oxygens (including phenoxy) is 4. The van der Waals surface area contributed by atoms with Crippen LogP contribution in [-0.2, 0) is 0 Å². The Bertz CT molecular complexity index is 1740. The van der Waals surface area contributed by atoms with Crippen LogP contribution in [0.4, 0.5) is 0 Å². The summed E-state index contributed by atoms with van der Waals surface area (Å²) < 4.78 is 29.0. The lowest BCUT2D eigenvalue weighted by molar-refractivity contribution is 0.0702. The van der Waals surface area contributed by atoms with Crippen molar-refractivity contribution in [2.45, 2.75) is 40.5 Å². The van der Waals surface area contributed by atoms with Gasteiger partial charge in [0.15, 0.2) is 11.5 Å². The Hall–Kier alpha value is -4.90. The number of nitrogens with two attached hydrogens (primary N) is 1. The van der Waals surface area contributed by atoms with Crippen molar-refractivity contribution in [3.05, 3.63) is 93.6 Å². The average molecular weight is 553 g/mol. The van der Waals surface area contributed by atoms with Crippen molar-refractivity contribution in [1.29, 1.82) is 5.26 Å². The molecule has 0 fully saturated rings. The largest absolute Gasteiger partial charge is 0.493 e. The maximum Gasteiger partial charge on any atom is 0.379 e. The highest BCUT2D eigenvalue weighted by molar-refractivity contribution is 5.98. The van der Waals surface area contributed by atoms with Crippen LogP contribution in [0.25, 0.3) is 11.0 Å². The fraction of sp³-hybridized carbons (Fsp3) is 0.273. The molecular formula is C33H32N2O6. The number of carbonyl (C=O) groups is 1. The molecule has 1 aliphatic heterocycles. The zero-order valence-electron chi connectivity index (χ0n) is 24.0. The Labute approximate surface area is 238 Å². The third-order valence-electron chi connectivity index (χ3n) is 7.31. The first-order valence-corrected chi connectivity index (χ1v) is 13.4. The first-order chi connectivity index (χ1) is 19.6. The van der Waals surface area contributed by atoms with Crippen LogP contribution >= 0.6 is 0 Å². The van der Waals surface area contributed by atoms with Crippen LogP contribution in [0.1, 0.15) is 58.1 Å². The Morgan fingerprint density at radius 3 is 2.54 bits per heavy atom. The summed E-state index contributed by atoms with van der Waals surface area (Å²) in [6.07, 6.45) is 0. The minimum absolute atomic E-state index is 0.0217. The number of rotatable bonds is 7. The van der Waals surface area contributed by atoms with Crippen LogP contribution < -0.4 is 24.7 Å². The number of fused-ring (bicyclic) bond motifs is 2. The number of esters is 1. The summed E-state index contributed by atoms with van der Waals surface area (Å²) in [5, 5.41) is 10.8. The van der Waals surface area contributed by atoms with Crippen LogP contribution in [0.3, 0.4) is 0 Å². The van der Waals surface area contributed by atoms with Gasteiger partial charge in [-0.25, -0.2) is 4.79 Å². The van der Waals surface area contributed by atoms with Crippen LogP contribution in [0.5, 0.6) is 23.0 Å². The van der Waals surface area contributed by atoms with Crippen molar-refractivity contribution in [1.82, 2.24) is 0 Å². The van der Waals surface area contributed by atoms with E-state index in [2.05, 4.69) is 19.9 Å². The van der Waals surface area contributed by atoms with Gasteiger partial charge in [0, 0.05) is 22.6 Å². The van der Waals surface area contributed by atoms with E-state index in [1.807, 2.05) is 51.1 Å². The molecule has 0 saturated carbocycles. The first kappa shape index (κ1) is 27.7. The van der Waals surface area contributed by atoms with E-state index >= 15 is 0 Å². The number of benzene rings is 3. The second-order valence-electron chi connectivity index (χ2n) is 10.6. The summed E-state index contributed by atoms with van der Waals surface area (Å²) in [6, 6.07) is 16.7. The number of furan rings is 1. The minimum atomic E-state index is -0.619. The Morgan fingerprint density at radius 2 is 1.83 bits per heavy atom. The molecule has 210 valence electrons. The van der Waals surface area contributed by atoms with Crippen LogP contribution in [0.2, 0.25) is 0 Å². The molecule has 1 atom stereocenters. The number of hydrogen-bond donors (Lipinski definition) is 1. The predicted molar refractivity (Wildman–Crippen MR) is 154 cm³/mol. The van der Waals surface area contributed by atoms with Crippen LogP contribution in [0.15, 0.2) is 64.4 Å². The van der Waals surface area contributed by atoms with Crippen molar-refractivity contribution in [3.8, 4) is 29.1 Å². The Kier molecular flexibility index (Phi) is 7.38. The van der Waals surface area contributed by atoms with Gasteiger partial charge in [-0.05, 0) is 61.6 Å². The molecule has 2 N–H and O–H groups in total. The summed E-state index contributed by atoms with van der Waals surface area (Å²) in [7, 11) is 1.57. The van der Waals surface area contributed by atoms with Gasteiger partial charge in [0.2, 0.25) is 11.6 Å². The van der Waals surface area contributed by atoms with E-state index in [0.717, 1.165) is 22.1 Å². The molecule has 0 spiro atoms. The summed E-state index contributed by atoms with van der Waals surface area (Å²) in [5.74, 6) is 1.12. The van der Waals surface area contributed by atoms with E-state index < -0.39 is 11.9 Å². The molecule has 2 heterocycles. The topological polar surface area (TPSA) is 117 Å². The van der Waals surface area contributed by atoms with Crippen molar-refractivity contribution in [3.63, 3.8) is 0 Å². The number of carbonyl (C=O) groups excluding carboxylic acids is 1. The molecule has 4 aromatic rings. The van der Waals surface area contributed by atoms with E-state index in [1.165, 1.54) is 0 Å². The van der Waals surface area contributed by atoms with Gasteiger partial charge in [0.05, 0.1) is 19.6 Å². The van der Waals surface area contributed by atoms with Crippen LogP contribution in [-0.4, -0.2) is 19.7 Å². The van der Waals surface area contributed by atoms with Gasteiger partial charge in [0.1, 0.15) is 28.7 Å². The molecule has 8 nitrogen and oxygen atoms in total. The molecule has 0 radical (unpaired) electrons. The van der Waals surface area contributed by atoms with Gasteiger partial charge in [-0.3, -0.25) is 0 Å². The molecule has 0 aliphatic carbocycles. The summed E-state index contributed by atoms with van der Waals surface area (Å²) in [5.41, 5.74) is 11.4. The molecule has 1 unspecified atom stereocenters. The van der Waals surface area contributed by atoms with Crippen molar-refractivity contribution < 1.29 is 28.2 Å². The zero-order valence-corrected chi connectivity index (χ0v) is 24.0. The van der Waals surface area contributed by atoms with E-state index in [4.69, 9.17) is 29.1 Å². The highest BCUT2D eigenvalue weighted by atomic mass is 16.5. The summed E-state index contributed by atoms with van der Waals surface area (Å²) in [4.78, 5) is 13.2. The molecule has 1 aromatic heterocycles. The fourth-order valence-electron chi connectivity index (χ4n) is 4.95. The maximum absolute atomic E-state index is 13.2. The van der Waals surface area contributed by atoms with Crippen LogP contribution in [0, 0.1) is 38.0 Å². The molecule has 1 aliphatic rings. The fourth-order valence-corrected chi connectivity index (χ4v) is 4.95. The van der Waals surface area contributed by atoms with Gasteiger partial charge < -0.3 is 29.1 Å². The second-order valence-corrected chi connectivity index (χ2v) is 10.6. The first-order valence-electron chi connectivity index (χ1n) is 13.4. The number of nitrogens with zero attached hydrogens (tertiary/aromatic N) is 1. The van der Waals surface area contributed by atoms with Gasteiger partial charge in [0.25, 0.3) is 0 Å². The van der Waals surface area contributed by atoms with Gasteiger partial charge in [-0.1, -0.05) is 38.1 Å². The summed E-state index contributed by atoms with van der Waals surface area (Å²) >= 11 is 0. The highest BCUT2D eigenvalue weighted by Crippen LogP contribution is 2.45. The number of allylic oxidation sites excluding steroid dienone is 1. The molecule has 0 saturated heterocycles. The molecule has 3 aromatic carbocycles. The summed E-state index contributed by atoms with van der Waals surface area (Å²) in [6.45, 7) is 10.5. The number of hydrogen-bond acceptors (Lipinski definition) is 8. The standard InChI is InChI=1S/C33H32N2O6/c1-17(2)16-38-26-12-8-21(13-28(26)37-6)29-24-11-9-22(14-27(24)40-32(35)25(29)15-34)39-33(36)31-20(5)23-10-7-18(3)19(4)30(23)41-31/h7-14,17,29H,16,35H2,1-6H3. The third-order valence-corrected chi connectivity index (χ3v) is 7.31. The van der Waals surface area contributed by atoms with Crippen molar-refractivity contribution in [2.24, 2.45) is 11.7 Å². The number of nitriles is 1. The predicted octanol–water partition coefficient (Wildman–Crippen LogP) is 6.84. The lowest BCUT2D eigenvalue weighted by Crippen LogP contribution is -2.21. The van der Waals surface area contributed by atoms with Gasteiger partial charge in [-0.15, -0.1) is 0 Å². The molecule has 41 heavy (non-hydrogen) atoms. The normalized spacial score (nSPS) is 14.4. The number of aryl methyl sites for hydroxylation is 3. The van der Waals surface area contributed by atoms with E-state index in [-0.39, 0.29) is 23.0 Å². The van der Waals surface area contributed by atoms with Crippen molar-refractivity contribution >= 4 is 16.9 Å². The third kappa shape index (κ3) is 5.07. The second kappa shape index (κ2) is 10.9. The SMILES string of the molecule is COc1cc(C2C(C#N)=C(N)Oc3cc(OC(=O)c4oc5c(C)c(C)ccc5c4C)ccc32)ccc1OCC(C)C. The molecule has 0 amide bonds. The quantitative estimate of drug-likeness (QED) is 0.196. The number of methoxy groups -OCH3 is 1. The van der Waals surface area contributed by atoms with Gasteiger partial charge >= 0.3 is 5.97 Å². The minimum Gasteiger partial charge on any atom is -0.493 e. The molecule has 8 heteroatoms. The average Bonchev–Trinajstić information content (AvgIpc) is 3.29. The van der Waals surface area contributed by atoms with E-state index in [0.29, 0.717) is 46.5 Å².